The molecule has 0 aliphatic heterocycles. The lowest BCUT2D eigenvalue weighted by Crippen LogP contribution is -2.12. The minimum absolute atomic E-state index is 0.0249. The van der Waals surface area contributed by atoms with Gasteiger partial charge in [0, 0.05) is 16.6 Å². The number of hydrogen-bond donors (Lipinski definition) is 1. The van der Waals surface area contributed by atoms with Crippen molar-refractivity contribution in [3.63, 3.8) is 0 Å². The lowest BCUT2D eigenvalue weighted by molar-refractivity contribution is -0.0498. The van der Waals surface area contributed by atoms with Gasteiger partial charge < -0.3 is 10.1 Å². The Morgan fingerprint density at radius 3 is 2.40 bits per heavy atom. The van der Waals surface area contributed by atoms with Gasteiger partial charge in [-0.2, -0.15) is 8.78 Å². The van der Waals surface area contributed by atoms with Crippen LogP contribution in [-0.2, 0) is 12.8 Å². The molecule has 3 nitrogen and oxygen atoms in total. The van der Waals surface area contributed by atoms with Crippen LogP contribution in [0.4, 0.5) is 14.5 Å². The fourth-order valence-electron chi connectivity index (χ4n) is 3.34. The summed E-state index contributed by atoms with van der Waals surface area (Å²) in [6.45, 7) is -2.88. The first-order valence-electron chi connectivity index (χ1n) is 8.01. The molecule has 126 valence electrons. The van der Waals surface area contributed by atoms with Crippen molar-refractivity contribution in [1.29, 1.82) is 0 Å². The van der Waals surface area contributed by atoms with Crippen molar-refractivity contribution in [2.24, 2.45) is 0 Å². The molecular weight excluding hydrogens is 324 g/mol. The number of carbonyl (C=O) groups is 1. The Kier molecular flexibility index (Phi) is 3.84. The maximum Gasteiger partial charge on any atom is 0.387 e. The van der Waals surface area contributed by atoms with E-state index in [0.29, 0.717) is 5.56 Å². The molecule has 0 aromatic heterocycles. The predicted molar refractivity (Wildman–Crippen MR) is 92.4 cm³/mol. The number of rotatable bonds is 4. The molecule has 0 radical (unpaired) electrons. The quantitative estimate of drug-likeness (QED) is 0.742. The van der Waals surface area contributed by atoms with Crippen LogP contribution in [-0.4, -0.2) is 12.5 Å². The van der Waals surface area contributed by atoms with Gasteiger partial charge in [0.2, 0.25) is 0 Å². The van der Waals surface area contributed by atoms with Crippen LogP contribution in [0, 0.1) is 0 Å². The Bertz CT molecular complexity index is 942. The van der Waals surface area contributed by atoms with Crippen LogP contribution in [0.15, 0.2) is 54.6 Å². The first-order valence-corrected chi connectivity index (χ1v) is 8.01. The molecule has 3 aromatic rings. The summed E-state index contributed by atoms with van der Waals surface area (Å²) in [7, 11) is 0. The second-order valence-electron chi connectivity index (χ2n) is 5.97. The Hall–Kier alpha value is -2.95. The summed E-state index contributed by atoms with van der Waals surface area (Å²) in [5.74, 6) is -0.265. The Morgan fingerprint density at radius 1 is 0.960 bits per heavy atom. The van der Waals surface area contributed by atoms with E-state index in [1.54, 1.807) is 0 Å². The first-order chi connectivity index (χ1) is 12.1. The van der Waals surface area contributed by atoms with Gasteiger partial charge in [-0.3, -0.25) is 4.79 Å². The van der Waals surface area contributed by atoms with Crippen molar-refractivity contribution in [3.8, 4) is 5.75 Å². The third-order valence-electron chi connectivity index (χ3n) is 4.47. The van der Waals surface area contributed by atoms with Crippen molar-refractivity contribution < 1.29 is 18.3 Å². The Balaban J connectivity index is 1.60. The summed E-state index contributed by atoms with van der Waals surface area (Å²) in [5, 5.41) is 5.17. The largest absolute Gasteiger partial charge is 0.435 e. The molecule has 0 heterocycles. The van der Waals surface area contributed by atoms with E-state index in [-0.39, 0.29) is 11.7 Å². The lowest BCUT2D eigenvalue weighted by Gasteiger charge is -2.11. The molecule has 5 heteroatoms. The van der Waals surface area contributed by atoms with Crippen molar-refractivity contribution >= 4 is 22.4 Å². The number of halogens is 2. The molecule has 4 rings (SSSR count). The fourth-order valence-corrected chi connectivity index (χ4v) is 3.34. The molecule has 0 bridgehead atoms. The van der Waals surface area contributed by atoms with E-state index in [1.165, 1.54) is 40.8 Å². The molecule has 1 aliphatic carbocycles. The number of ether oxygens (including phenoxy) is 1. The second kappa shape index (κ2) is 6.16. The molecule has 3 aromatic carbocycles. The Labute approximate surface area is 143 Å². The molecule has 1 aliphatic rings. The van der Waals surface area contributed by atoms with Gasteiger partial charge in [-0.15, -0.1) is 0 Å². The second-order valence-corrected chi connectivity index (χ2v) is 5.97. The normalized spacial score (nSPS) is 12.6. The third-order valence-corrected chi connectivity index (χ3v) is 4.47. The zero-order valence-corrected chi connectivity index (χ0v) is 13.3. The number of nitrogens with one attached hydrogen (secondary N) is 1. The molecule has 25 heavy (non-hydrogen) atoms. The maximum absolute atomic E-state index is 12.5. The van der Waals surface area contributed by atoms with Crippen molar-refractivity contribution in [1.82, 2.24) is 0 Å². The number of amides is 1. The molecule has 0 saturated carbocycles. The standard InChI is InChI=1S/C20H15F2NO2/c21-20(22)25-15-9-6-14(7-10-15)19(24)23-17-11-8-13-5-4-12-2-1-3-16(17)18(12)13/h1-3,6-11,20H,4-5H2,(H,23,24). The predicted octanol–water partition coefficient (Wildman–Crippen LogP) is 4.79. The highest BCUT2D eigenvalue weighted by molar-refractivity contribution is 6.10. The molecule has 0 fully saturated rings. The van der Waals surface area contributed by atoms with Crippen LogP contribution in [0.2, 0.25) is 0 Å². The Morgan fingerprint density at radius 2 is 1.68 bits per heavy atom. The number of anilines is 1. The summed E-state index contributed by atoms with van der Waals surface area (Å²) < 4.78 is 28.7. The fraction of sp³-hybridized carbons (Fsp3) is 0.150. The molecule has 0 saturated heterocycles. The minimum atomic E-state index is -2.88. The highest BCUT2D eigenvalue weighted by Crippen LogP contribution is 2.35. The van der Waals surface area contributed by atoms with Gasteiger partial charge >= 0.3 is 6.61 Å². The SMILES string of the molecule is O=C(Nc1ccc2c3c(cccc13)CC2)c1ccc(OC(F)F)cc1. The lowest BCUT2D eigenvalue weighted by atomic mass is 10.0. The molecule has 0 atom stereocenters. The average Bonchev–Trinajstić information content (AvgIpc) is 3.02. The first kappa shape index (κ1) is 15.6. The van der Waals surface area contributed by atoms with Crippen LogP contribution in [0.1, 0.15) is 21.5 Å². The number of benzene rings is 3. The van der Waals surface area contributed by atoms with Gasteiger partial charge in [0.15, 0.2) is 0 Å². The van der Waals surface area contributed by atoms with Gasteiger partial charge in [0.25, 0.3) is 5.91 Å². The van der Waals surface area contributed by atoms with Gasteiger partial charge in [-0.25, -0.2) is 0 Å². The molecular formula is C20H15F2NO2. The maximum atomic E-state index is 12.5. The average molecular weight is 339 g/mol. The van der Waals surface area contributed by atoms with E-state index in [9.17, 15) is 13.6 Å². The number of carbonyl (C=O) groups excluding carboxylic acids is 1. The van der Waals surface area contributed by atoms with Crippen LogP contribution in [0.3, 0.4) is 0 Å². The highest BCUT2D eigenvalue weighted by atomic mass is 19.3. The van der Waals surface area contributed by atoms with Crippen LogP contribution < -0.4 is 10.1 Å². The number of hydrogen-bond acceptors (Lipinski definition) is 2. The van der Waals surface area contributed by atoms with E-state index >= 15 is 0 Å². The van der Waals surface area contributed by atoms with Crippen molar-refractivity contribution in [3.05, 3.63) is 71.3 Å². The van der Waals surface area contributed by atoms with E-state index in [4.69, 9.17) is 0 Å². The zero-order chi connectivity index (χ0) is 17.4. The van der Waals surface area contributed by atoms with Gasteiger partial charge in [0.1, 0.15) is 5.75 Å². The summed E-state index contributed by atoms with van der Waals surface area (Å²) in [6.07, 6.45) is 2.05. The topological polar surface area (TPSA) is 38.3 Å². The van der Waals surface area contributed by atoms with Crippen molar-refractivity contribution in [2.75, 3.05) is 5.32 Å². The molecule has 0 unspecified atom stereocenters. The molecule has 1 amide bonds. The van der Waals surface area contributed by atoms with E-state index in [2.05, 4.69) is 16.1 Å². The summed E-state index contributed by atoms with van der Waals surface area (Å²) in [4.78, 5) is 12.5. The number of alkyl halides is 2. The zero-order valence-electron chi connectivity index (χ0n) is 13.3. The molecule has 1 N–H and O–H groups in total. The van der Waals surface area contributed by atoms with Gasteiger partial charge in [0.05, 0.1) is 0 Å². The minimum Gasteiger partial charge on any atom is -0.435 e. The van der Waals surface area contributed by atoms with E-state index < -0.39 is 6.61 Å². The summed E-state index contributed by atoms with van der Waals surface area (Å²) >= 11 is 0. The highest BCUT2D eigenvalue weighted by Gasteiger charge is 2.17. The van der Waals surface area contributed by atoms with E-state index in [1.807, 2.05) is 24.3 Å². The number of aryl methyl sites for hydroxylation is 2. The molecule has 0 spiro atoms. The monoisotopic (exact) mass is 339 g/mol. The summed E-state index contributed by atoms with van der Waals surface area (Å²) in [5.41, 5.74) is 3.74. The van der Waals surface area contributed by atoms with Gasteiger partial charge in [-0.05, 0) is 59.7 Å². The van der Waals surface area contributed by atoms with E-state index in [0.717, 1.165) is 23.9 Å². The smallest absolute Gasteiger partial charge is 0.387 e. The van der Waals surface area contributed by atoms with Crippen LogP contribution >= 0.6 is 0 Å². The van der Waals surface area contributed by atoms with Crippen LogP contribution in [0.5, 0.6) is 5.75 Å². The van der Waals surface area contributed by atoms with Crippen molar-refractivity contribution in [2.45, 2.75) is 19.5 Å². The summed E-state index contributed by atoms with van der Waals surface area (Å²) in [6, 6.07) is 15.7. The van der Waals surface area contributed by atoms with Gasteiger partial charge in [-0.1, -0.05) is 24.3 Å². The van der Waals surface area contributed by atoms with Crippen LogP contribution in [0.25, 0.3) is 10.8 Å². The third kappa shape index (κ3) is 2.93.